The number of morpholine rings is 1. The summed E-state index contributed by atoms with van der Waals surface area (Å²) in [6.45, 7) is 2.93. The first-order valence-corrected chi connectivity index (χ1v) is 7.27. The van der Waals surface area contributed by atoms with Crippen molar-refractivity contribution in [1.82, 2.24) is 10.3 Å². The van der Waals surface area contributed by atoms with Crippen molar-refractivity contribution in [2.45, 2.75) is 31.0 Å². The Bertz CT molecular complexity index is 454. The first-order chi connectivity index (χ1) is 9.81. The Balaban J connectivity index is 1.75. The number of hydrogen-bond acceptors (Lipinski definition) is 5. The lowest BCUT2D eigenvalue weighted by Gasteiger charge is -2.38. The SMILES string of the molecule is COc1cccc(C(NN)C2CN3CCCC3CO2)c1. The van der Waals surface area contributed by atoms with Crippen LogP contribution in [-0.2, 0) is 4.74 Å². The largest absolute Gasteiger partial charge is 0.497 e. The van der Waals surface area contributed by atoms with Gasteiger partial charge in [0.1, 0.15) is 5.75 Å². The van der Waals surface area contributed by atoms with Crippen molar-refractivity contribution < 1.29 is 9.47 Å². The first kappa shape index (κ1) is 13.8. The molecule has 0 radical (unpaired) electrons. The molecule has 2 aliphatic heterocycles. The maximum atomic E-state index is 6.05. The van der Waals surface area contributed by atoms with Crippen LogP contribution in [0, 0.1) is 0 Å². The summed E-state index contributed by atoms with van der Waals surface area (Å²) in [5, 5.41) is 0. The Morgan fingerprint density at radius 3 is 3.20 bits per heavy atom. The monoisotopic (exact) mass is 277 g/mol. The van der Waals surface area contributed by atoms with Crippen molar-refractivity contribution in [2.24, 2.45) is 5.84 Å². The molecule has 0 bridgehead atoms. The summed E-state index contributed by atoms with van der Waals surface area (Å²) >= 11 is 0. The number of nitrogens with one attached hydrogen (secondary N) is 1. The number of benzene rings is 1. The number of rotatable bonds is 4. The molecular weight excluding hydrogens is 254 g/mol. The van der Waals surface area contributed by atoms with Gasteiger partial charge in [0.25, 0.3) is 0 Å². The van der Waals surface area contributed by atoms with E-state index in [4.69, 9.17) is 15.3 Å². The minimum Gasteiger partial charge on any atom is -0.497 e. The van der Waals surface area contributed by atoms with Crippen molar-refractivity contribution in [3.05, 3.63) is 29.8 Å². The molecule has 1 aromatic rings. The van der Waals surface area contributed by atoms with Gasteiger partial charge in [0, 0.05) is 12.6 Å². The van der Waals surface area contributed by atoms with Gasteiger partial charge in [-0.2, -0.15) is 0 Å². The molecular formula is C15H23N3O2. The maximum absolute atomic E-state index is 6.05. The lowest BCUT2D eigenvalue weighted by molar-refractivity contribution is -0.0653. The van der Waals surface area contributed by atoms with Crippen LogP contribution >= 0.6 is 0 Å². The third kappa shape index (κ3) is 2.67. The van der Waals surface area contributed by atoms with Crippen LogP contribution in [0.3, 0.4) is 0 Å². The summed E-state index contributed by atoms with van der Waals surface area (Å²) in [6, 6.07) is 8.60. The van der Waals surface area contributed by atoms with E-state index in [1.165, 1.54) is 19.4 Å². The molecule has 3 rings (SSSR count). The lowest BCUT2D eigenvalue weighted by atomic mass is 9.99. The van der Waals surface area contributed by atoms with Crippen LogP contribution in [0.4, 0.5) is 0 Å². The second kappa shape index (κ2) is 6.10. The number of nitrogens with two attached hydrogens (primary N) is 1. The first-order valence-electron chi connectivity index (χ1n) is 7.27. The van der Waals surface area contributed by atoms with E-state index in [9.17, 15) is 0 Å². The third-order valence-electron chi connectivity index (χ3n) is 4.42. The molecule has 3 atom stereocenters. The van der Waals surface area contributed by atoms with Crippen molar-refractivity contribution >= 4 is 0 Å². The smallest absolute Gasteiger partial charge is 0.119 e. The molecule has 3 N–H and O–H groups in total. The Morgan fingerprint density at radius 1 is 1.50 bits per heavy atom. The number of hydrogen-bond donors (Lipinski definition) is 2. The van der Waals surface area contributed by atoms with Crippen LogP contribution in [0.15, 0.2) is 24.3 Å². The highest BCUT2D eigenvalue weighted by Gasteiger charge is 2.36. The van der Waals surface area contributed by atoms with Gasteiger partial charge in [-0.05, 0) is 37.1 Å². The highest BCUT2D eigenvalue weighted by atomic mass is 16.5. The van der Waals surface area contributed by atoms with Crippen molar-refractivity contribution in [1.29, 1.82) is 0 Å². The summed E-state index contributed by atoms with van der Waals surface area (Å²) in [5.74, 6) is 6.62. The van der Waals surface area contributed by atoms with Crippen LogP contribution in [0.2, 0.25) is 0 Å². The van der Waals surface area contributed by atoms with Crippen LogP contribution in [0.5, 0.6) is 5.75 Å². The van der Waals surface area contributed by atoms with E-state index >= 15 is 0 Å². The second-order valence-electron chi connectivity index (χ2n) is 5.58. The zero-order valence-corrected chi connectivity index (χ0v) is 11.9. The van der Waals surface area contributed by atoms with Gasteiger partial charge in [0.15, 0.2) is 0 Å². The second-order valence-corrected chi connectivity index (χ2v) is 5.58. The molecule has 20 heavy (non-hydrogen) atoms. The molecule has 2 fully saturated rings. The molecule has 0 amide bonds. The predicted octanol–water partition coefficient (Wildman–Crippen LogP) is 1.06. The molecule has 110 valence electrons. The van der Waals surface area contributed by atoms with E-state index in [1.54, 1.807) is 7.11 Å². The van der Waals surface area contributed by atoms with Crippen LogP contribution in [-0.4, -0.2) is 43.9 Å². The van der Waals surface area contributed by atoms with Gasteiger partial charge in [0.2, 0.25) is 0 Å². The molecule has 0 aliphatic carbocycles. The molecule has 2 saturated heterocycles. The van der Waals surface area contributed by atoms with E-state index in [0.29, 0.717) is 6.04 Å². The van der Waals surface area contributed by atoms with Crippen molar-refractivity contribution in [3.8, 4) is 5.75 Å². The highest BCUT2D eigenvalue weighted by molar-refractivity contribution is 5.31. The van der Waals surface area contributed by atoms with E-state index in [2.05, 4.69) is 16.4 Å². The Kier molecular flexibility index (Phi) is 4.21. The summed E-state index contributed by atoms with van der Waals surface area (Å²) in [7, 11) is 1.68. The van der Waals surface area contributed by atoms with Gasteiger partial charge in [0.05, 0.1) is 25.9 Å². The molecule has 5 heteroatoms. The maximum Gasteiger partial charge on any atom is 0.119 e. The number of ether oxygens (including phenoxy) is 2. The van der Waals surface area contributed by atoms with Crippen LogP contribution < -0.4 is 16.0 Å². The molecule has 5 nitrogen and oxygen atoms in total. The van der Waals surface area contributed by atoms with E-state index in [-0.39, 0.29) is 12.1 Å². The van der Waals surface area contributed by atoms with E-state index in [1.807, 2.05) is 18.2 Å². The minimum absolute atomic E-state index is 0.00773. The molecule has 2 aliphatic rings. The van der Waals surface area contributed by atoms with Gasteiger partial charge < -0.3 is 9.47 Å². The number of fused-ring (bicyclic) bond motifs is 1. The third-order valence-corrected chi connectivity index (χ3v) is 4.42. The minimum atomic E-state index is -0.00773. The van der Waals surface area contributed by atoms with Crippen LogP contribution in [0.25, 0.3) is 0 Å². The van der Waals surface area contributed by atoms with E-state index < -0.39 is 0 Å². The Labute approximate surface area is 120 Å². The van der Waals surface area contributed by atoms with Gasteiger partial charge in [-0.15, -0.1) is 0 Å². The van der Waals surface area contributed by atoms with Gasteiger partial charge in [-0.25, -0.2) is 0 Å². The quantitative estimate of drug-likeness (QED) is 0.636. The summed E-state index contributed by atoms with van der Waals surface area (Å²) in [5.41, 5.74) is 4.02. The molecule has 3 unspecified atom stereocenters. The molecule has 0 aromatic heterocycles. The van der Waals surface area contributed by atoms with Crippen LogP contribution in [0.1, 0.15) is 24.4 Å². The van der Waals surface area contributed by atoms with E-state index in [0.717, 1.165) is 24.5 Å². The fourth-order valence-corrected chi connectivity index (χ4v) is 3.30. The van der Waals surface area contributed by atoms with Gasteiger partial charge >= 0.3 is 0 Å². The summed E-state index contributed by atoms with van der Waals surface area (Å²) in [4.78, 5) is 2.53. The summed E-state index contributed by atoms with van der Waals surface area (Å²) < 4.78 is 11.3. The lowest BCUT2D eigenvalue weighted by Crippen LogP contribution is -2.51. The zero-order chi connectivity index (χ0) is 13.9. The fraction of sp³-hybridized carbons (Fsp3) is 0.600. The average Bonchev–Trinajstić information content (AvgIpc) is 2.96. The predicted molar refractivity (Wildman–Crippen MR) is 77.4 cm³/mol. The topological polar surface area (TPSA) is 59.8 Å². The van der Waals surface area contributed by atoms with Crippen molar-refractivity contribution in [3.63, 3.8) is 0 Å². The standard InChI is InChI=1S/C15H23N3O2/c1-19-13-6-2-4-11(8-13)15(17-16)14-9-18-7-3-5-12(18)10-20-14/h2,4,6,8,12,14-15,17H,3,5,7,9-10,16H2,1H3. The molecule has 0 saturated carbocycles. The zero-order valence-electron chi connectivity index (χ0n) is 11.9. The average molecular weight is 277 g/mol. The van der Waals surface area contributed by atoms with Gasteiger partial charge in [-0.1, -0.05) is 12.1 Å². The highest BCUT2D eigenvalue weighted by Crippen LogP contribution is 2.29. The Hall–Kier alpha value is -1.14. The molecule has 1 aromatic carbocycles. The number of nitrogens with zero attached hydrogens (tertiary/aromatic N) is 1. The number of methoxy groups -OCH3 is 1. The summed E-state index contributed by atoms with van der Waals surface area (Å²) in [6.07, 6.45) is 2.62. The molecule has 2 heterocycles. The van der Waals surface area contributed by atoms with Gasteiger partial charge in [-0.3, -0.25) is 16.2 Å². The molecule has 0 spiro atoms. The number of hydrazine groups is 1. The fourth-order valence-electron chi connectivity index (χ4n) is 3.30. The normalized spacial score (nSPS) is 28.1. The van der Waals surface area contributed by atoms with Crippen molar-refractivity contribution in [2.75, 3.05) is 26.8 Å². The Morgan fingerprint density at radius 2 is 2.40 bits per heavy atom.